The quantitative estimate of drug-likeness (QED) is 0.735. The number of carbonyl (C=O) groups is 1. The van der Waals surface area contributed by atoms with Crippen molar-refractivity contribution in [2.24, 2.45) is 0 Å². The summed E-state index contributed by atoms with van der Waals surface area (Å²) < 4.78 is 0. The summed E-state index contributed by atoms with van der Waals surface area (Å²) in [5.41, 5.74) is 6.10. The highest BCUT2D eigenvalue weighted by molar-refractivity contribution is 5.95. The normalized spacial score (nSPS) is 10.6. The van der Waals surface area contributed by atoms with Crippen LogP contribution in [0.4, 0.5) is 5.82 Å². The van der Waals surface area contributed by atoms with E-state index in [4.69, 9.17) is 10.8 Å². The summed E-state index contributed by atoms with van der Waals surface area (Å²) in [6.45, 7) is 0. The molecule has 0 aliphatic heterocycles. The molecule has 0 saturated heterocycles. The van der Waals surface area contributed by atoms with E-state index in [1.807, 2.05) is 30.3 Å². The molecule has 3 rings (SSSR count). The van der Waals surface area contributed by atoms with Gasteiger partial charge in [0.15, 0.2) is 5.82 Å². The fourth-order valence-corrected chi connectivity index (χ4v) is 1.97. The molecule has 0 radical (unpaired) electrons. The number of fused-ring (bicyclic) bond motifs is 1. The first-order valence-corrected chi connectivity index (χ1v) is 5.87. The summed E-state index contributed by atoms with van der Waals surface area (Å²) in [5, 5.41) is 10.8. The van der Waals surface area contributed by atoms with E-state index >= 15 is 0 Å². The zero-order valence-corrected chi connectivity index (χ0v) is 10.3. The molecule has 0 amide bonds. The minimum Gasteiger partial charge on any atom is -0.477 e. The lowest BCUT2D eigenvalue weighted by molar-refractivity contribution is 0.0697. The number of aromatic carboxylic acids is 1. The number of hydrogen-bond donors (Lipinski definition) is 2. The van der Waals surface area contributed by atoms with Crippen molar-refractivity contribution in [1.29, 1.82) is 0 Å². The third-order valence-corrected chi connectivity index (χ3v) is 2.93. The van der Waals surface area contributed by atoms with Gasteiger partial charge in [0.25, 0.3) is 0 Å². The van der Waals surface area contributed by atoms with Gasteiger partial charge in [-0.05, 0) is 11.5 Å². The average molecular weight is 266 g/mol. The van der Waals surface area contributed by atoms with Gasteiger partial charge < -0.3 is 10.8 Å². The van der Waals surface area contributed by atoms with Gasteiger partial charge in [0.2, 0.25) is 0 Å². The molecular weight excluding hydrogens is 256 g/mol. The maximum absolute atomic E-state index is 10.9. The zero-order chi connectivity index (χ0) is 14.1. The highest BCUT2D eigenvalue weighted by Gasteiger charge is 2.14. The molecule has 20 heavy (non-hydrogen) atoms. The van der Waals surface area contributed by atoms with Crippen molar-refractivity contribution in [2.45, 2.75) is 0 Å². The molecule has 0 unspecified atom stereocenters. The van der Waals surface area contributed by atoms with E-state index in [-0.39, 0.29) is 11.4 Å². The Bertz CT molecular complexity index is 812. The molecule has 0 aliphatic rings. The van der Waals surface area contributed by atoms with Crippen LogP contribution in [0.3, 0.4) is 0 Å². The van der Waals surface area contributed by atoms with E-state index in [0.29, 0.717) is 11.5 Å². The number of carboxylic acid groups (broad SMARTS) is 1. The van der Waals surface area contributed by atoms with E-state index in [1.54, 1.807) is 6.20 Å². The summed E-state index contributed by atoms with van der Waals surface area (Å²) in [5.74, 6) is -0.915. The number of carboxylic acids is 1. The molecule has 3 N–H and O–H groups in total. The molecular formula is C14H10N4O2. The van der Waals surface area contributed by atoms with E-state index in [1.165, 1.54) is 6.20 Å². The lowest BCUT2D eigenvalue weighted by Crippen LogP contribution is -2.07. The van der Waals surface area contributed by atoms with Crippen molar-refractivity contribution in [3.05, 3.63) is 48.3 Å². The van der Waals surface area contributed by atoms with Crippen molar-refractivity contribution in [3.63, 3.8) is 0 Å². The Kier molecular flexibility index (Phi) is 2.76. The van der Waals surface area contributed by atoms with Gasteiger partial charge in [0.05, 0.1) is 0 Å². The van der Waals surface area contributed by atoms with Crippen LogP contribution in [0.5, 0.6) is 0 Å². The Hall–Kier alpha value is -3.02. The number of hydrogen-bond acceptors (Lipinski definition) is 5. The number of anilines is 1. The number of rotatable bonds is 2. The monoisotopic (exact) mass is 266 g/mol. The van der Waals surface area contributed by atoms with Crippen LogP contribution in [0.25, 0.3) is 22.3 Å². The van der Waals surface area contributed by atoms with Crippen molar-refractivity contribution in [2.75, 3.05) is 5.73 Å². The number of nitrogens with two attached hydrogens (primary N) is 1. The second-order valence-corrected chi connectivity index (χ2v) is 4.18. The summed E-state index contributed by atoms with van der Waals surface area (Å²) in [4.78, 5) is 23.3. The molecule has 98 valence electrons. The zero-order valence-electron chi connectivity index (χ0n) is 10.3. The minimum absolute atomic E-state index is 0.0720. The number of benzene rings is 1. The lowest BCUT2D eigenvalue weighted by Gasteiger charge is -2.06. The molecule has 0 spiro atoms. The van der Waals surface area contributed by atoms with Crippen molar-refractivity contribution in [3.8, 4) is 11.5 Å². The number of pyridine rings is 1. The number of nitrogens with zero attached hydrogens (tertiary/aromatic N) is 3. The van der Waals surface area contributed by atoms with Crippen LogP contribution in [0.15, 0.2) is 42.7 Å². The van der Waals surface area contributed by atoms with Crippen molar-refractivity contribution < 1.29 is 9.90 Å². The van der Waals surface area contributed by atoms with Crippen LogP contribution in [0.2, 0.25) is 0 Å². The Labute approximate surface area is 113 Å². The molecule has 0 saturated carbocycles. The molecule has 2 aromatic heterocycles. The van der Waals surface area contributed by atoms with Gasteiger partial charge in [-0.2, -0.15) is 0 Å². The number of aromatic nitrogens is 3. The first-order valence-electron chi connectivity index (χ1n) is 5.87. The highest BCUT2D eigenvalue weighted by atomic mass is 16.4. The maximum atomic E-state index is 10.9. The molecule has 0 fully saturated rings. The van der Waals surface area contributed by atoms with E-state index in [2.05, 4.69) is 15.0 Å². The average Bonchev–Trinajstić information content (AvgIpc) is 2.46. The van der Waals surface area contributed by atoms with Gasteiger partial charge in [-0.1, -0.05) is 24.3 Å². The van der Waals surface area contributed by atoms with Crippen LogP contribution in [0, 0.1) is 0 Å². The fourth-order valence-electron chi connectivity index (χ4n) is 1.97. The summed E-state index contributed by atoms with van der Waals surface area (Å²) in [6, 6.07) is 9.56. The number of nitrogen functional groups attached to an aromatic ring is 1. The standard InChI is InChI=1S/C14H10N4O2/c15-12-10(14(19)20)7-17-13(18-12)11-9-4-2-1-3-8(9)5-6-16-11/h1-7H,(H,19,20)(H2,15,17,18). The fraction of sp³-hybridized carbons (Fsp3) is 0. The van der Waals surface area contributed by atoms with Gasteiger partial charge in [-0.25, -0.2) is 14.8 Å². The smallest absolute Gasteiger partial charge is 0.341 e. The Morgan fingerprint density at radius 2 is 1.95 bits per heavy atom. The third-order valence-electron chi connectivity index (χ3n) is 2.93. The van der Waals surface area contributed by atoms with Gasteiger partial charge in [0.1, 0.15) is 17.1 Å². The summed E-state index contributed by atoms with van der Waals surface area (Å²) in [6.07, 6.45) is 2.85. The summed E-state index contributed by atoms with van der Waals surface area (Å²) >= 11 is 0. The largest absolute Gasteiger partial charge is 0.477 e. The Morgan fingerprint density at radius 1 is 1.15 bits per heavy atom. The Morgan fingerprint density at radius 3 is 2.70 bits per heavy atom. The third kappa shape index (κ3) is 1.93. The molecule has 6 nitrogen and oxygen atoms in total. The molecule has 0 atom stereocenters. The topological polar surface area (TPSA) is 102 Å². The second-order valence-electron chi connectivity index (χ2n) is 4.18. The van der Waals surface area contributed by atoms with Crippen molar-refractivity contribution >= 4 is 22.6 Å². The highest BCUT2D eigenvalue weighted by Crippen LogP contribution is 2.24. The van der Waals surface area contributed by atoms with E-state index in [0.717, 1.165) is 10.8 Å². The SMILES string of the molecule is Nc1nc(-c2nccc3ccccc23)ncc1C(=O)O. The van der Waals surface area contributed by atoms with Gasteiger partial charge >= 0.3 is 5.97 Å². The van der Waals surface area contributed by atoms with E-state index < -0.39 is 5.97 Å². The van der Waals surface area contributed by atoms with Gasteiger partial charge in [0, 0.05) is 17.8 Å². The summed E-state index contributed by atoms with van der Waals surface area (Å²) in [7, 11) is 0. The molecule has 6 heteroatoms. The van der Waals surface area contributed by atoms with Crippen LogP contribution >= 0.6 is 0 Å². The molecule has 3 aromatic rings. The van der Waals surface area contributed by atoms with E-state index in [9.17, 15) is 4.79 Å². The van der Waals surface area contributed by atoms with Crippen molar-refractivity contribution in [1.82, 2.24) is 15.0 Å². The van der Waals surface area contributed by atoms with Crippen LogP contribution < -0.4 is 5.73 Å². The lowest BCUT2D eigenvalue weighted by atomic mass is 10.1. The Balaban J connectivity index is 2.21. The molecule has 0 aliphatic carbocycles. The molecule has 2 heterocycles. The van der Waals surface area contributed by atoms with Crippen LogP contribution in [0.1, 0.15) is 10.4 Å². The van der Waals surface area contributed by atoms with Crippen LogP contribution in [-0.2, 0) is 0 Å². The van der Waals surface area contributed by atoms with Crippen LogP contribution in [-0.4, -0.2) is 26.0 Å². The maximum Gasteiger partial charge on any atom is 0.341 e. The molecule has 0 bridgehead atoms. The minimum atomic E-state index is -1.15. The predicted octanol–water partition coefficient (Wildman–Crippen LogP) is 1.97. The first-order chi connectivity index (χ1) is 9.66. The molecule has 1 aromatic carbocycles. The predicted molar refractivity (Wildman–Crippen MR) is 74.1 cm³/mol. The first kappa shape index (κ1) is 12.0. The second kappa shape index (κ2) is 4.58. The van der Waals surface area contributed by atoms with Gasteiger partial charge in [-0.3, -0.25) is 4.98 Å². The van der Waals surface area contributed by atoms with Gasteiger partial charge in [-0.15, -0.1) is 0 Å².